The van der Waals surface area contributed by atoms with Crippen molar-refractivity contribution in [1.29, 1.82) is 0 Å². The van der Waals surface area contributed by atoms with Crippen LogP contribution in [0.15, 0.2) is 12.4 Å². The summed E-state index contributed by atoms with van der Waals surface area (Å²) in [5.41, 5.74) is 4.33. The molecular weight excluding hydrogens is 286 g/mol. The van der Waals surface area contributed by atoms with Crippen LogP contribution in [-0.4, -0.2) is 33.7 Å². The molecule has 1 heterocycles. The first-order valence-corrected chi connectivity index (χ1v) is 5.97. The van der Waals surface area contributed by atoms with E-state index in [0.717, 1.165) is 6.20 Å². The third-order valence-electron chi connectivity index (χ3n) is 2.92. The number of nitro groups is 1. The van der Waals surface area contributed by atoms with Crippen molar-refractivity contribution in [2.24, 2.45) is 11.7 Å². The second-order valence-electron chi connectivity index (χ2n) is 5.01. The van der Waals surface area contributed by atoms with Crippen LogP contribution in [0.25, 0.3) is 0 Å². The maximum Gasteiger partial charge on any atom is 0.307 e. The molecule has 0 bridgehead atoms. The van der Waals surface area contributed by atoms with Gasteiger partial charge in [0, 0.05) is 6.54 Å². The Balaban J connectivity index is 0.00000361. The average Bonchev–Trinajstić information content (AvgIpc) is 2.85. The number of aromatic nitrogens is 2. The lowest BCUT2D eigenvalue weighted by molar-refractivity contribution is -0.385. The van der Waals surface area contributed by atoms with E-state index < -0.39 is 10.5 Å². The molecule has 0 spiro atoms. The van der Waals surface area contributed by atoms with Gasteiger partial charge in [0.05, 0.1) is 4.92 Å². The maximum atomic E-state index is 12.1. The topological polar surface area (TPSA) is 116 Å². The summed E-state index contributed by atoms with van der Waals surface area (Å²) >= 11 is 0. The van der Waals surface area contributed by atoms with Crippen molar-refractivity contribution in [3.05, 3.63) is 22.5 Å². The van der Waals surface area contributed by atoms with Crippen molar-refractivity contribution in [3.63, 3.8) is 0 Å². The Kier molecular flexibility index (Phi) is 6.60. The van der Waals surface area contributed by atoms with Gasteiger partial charge in [0.15, 0.2) is 0 Å². The summed E-state index contributed by atoms with van der Waals surface area (Å²) in [5.74, 6) is -0.0856. The number of hydrogen-bond donors (Lipinski definition) is 2. The van der Waals surface area contributed by atoms with Gasteiger partial charge in [-0.05, 0) is 26.3 Å². The Bertz CT molecular complexity index is 474. The molecule has 0 fully saturated rings. The second-order valence-corrected chi connectivity index (χ2v) is 5.01. The Morgan fingerprint density at radius 2 is 2.25 bits per heavy atom. The van der Waals surface area contributed by atoms with Crippen molar-refractivity contribution in [2.75, 3.05) is 13.1 Å². The fourth-order valence-corrected chi connectivity index (χ4v) is 1.38. The molecule has 0 aliphatic rings. The Hall–Kier alpha value is -1.67. The average molecular weight is 306 g/mol. The molecule has 0 radical (unpaired) electrons. The van der Waals surface area contributed by atoms with E-state index in [1.54, 1.807) is 13.8 Å². The van der Waals surface area contributed by atoms with Gasteiger partial charge in [-0.3, -0.25) is 19.6 Å². The molecule has 1 aromatic heterocycles. The summed E-state index contributed by atoms with van der Waals surface area (Å²) in [7, 11) is 0. The van der Waals surface area contributed by atoms with Crippen molar-refractivity contribution in [2.45, 2.75) is 26.3 Å². The summed E-state index contributed by atoms with van der Waals surface area (Å²) in [6, 6.07) is 0. The molecule has 1 aromatic rings. The first-order chi connectivity index (χ1) is 8.78. The quantitative estimate of drug-likeness (QED) is 0.591. The molecule has 1 rings (SSSR count). The number of nitrogens with zero attached hydrogens (tertiary/aromatic N) is 3. The molecule has 1 atom stereocenters. The monoisotopic (exact) mass is 305 g/mol. The van der Waals surface area contributed by atoms with Crippen molar-refractivity contribution >= 4 is 24.0 Å². The standard InChI is InChI=1S/C11H19N5O3.ClH/c1-8(4-12)5-13-10(17)11(2,3)15-7-9(6-14-15)16(18)19;/h6-8H,4-5,12H2,1-3H3,(H,13,17);1H. The SMILES string of the molecule is CC(CN)CNC(=O)C(C)(C)n1cc([N+](=O)[O-])cn1.Cl. The number of hydrogen-bond acceptors (Lipinski definition) is 5. The number of carbonyl (C=O) groups excluding carboxylic acids is 1. The zero-order valence-electron chi connectivity index (χ0n) is 11.7. The van der Waals surface area contributed by atoms with Crippen molar-refractivity contribution in [1.82, 2.24) is 15.1 Å². The summed E-state index contributed by atoms with van der Waals surface area (Å²) in [6.45, 7) is 6.15. The zero-order valence-corrected chi connectivity index (χ0v) is 12.5. The molecule has 9 heteroatoms. The Morgan fingerprint density at radius 1 is 1.65 bits per heavy atom. The van der Waals surface area contributed by atoms with Crippen LogP contribution in [0, 0.1) is 16.0 Å². The Labute approximate surface area is 123 Å². The number of nitrogens with two attached hydrogens (primary N) is 1. The van der Waals surface area contributed by atoms with Crippen LogP contribution in [0.5, 0.6) is 0 Å². The summed E-state index contributed by atoms with van der Waals surface area (Å²) in [4.78, 5) is 22.1. The van der Waals surface area contributed by atoms with E-state index in [9.17, 15) is 14.9 Å². The number of amides is 1. The predicted octanol–water partition coefficient (Wildman–Crippen LogP) is 0.659. The van der Waals surface area contributed by atoms with Crippen LogP contribution in [0.2, 0.25) is 0 Å². The van der Waals surface area contributed by atoms with Gasteiger partial charge >= 0.3 is 5.69 Å². The highest BCUT2D eigenvalue weighted by Crippen LogP contribution is 2.18. The number of nitrogens with one attached hydrogen (secondary N) is 1. The van der Waals surface area contributed by atoms with Gasteiger partial charge < -0.3 is 11.1 Å². The van der Waals surface area contributed by atoms with Crippen molar-refractivity contribution in [3.8, 4) is 0 Å². The number of rotatable bonds is 6. The first-order valence-electron chi connectivity index (χ1n) is 5.97. The molecule has 0 saturated heterocycles. The van der Waals surface area contributed by atoms with E-state index in [1.165, 1.54) is 10.9 Å². The maximum absolute atomic E-state index is 12.1. The lowest BCUT2D eigenvalue weighted by atomic mass is 10.0. The third kappa shape index (κ3) is 4.17. The van der Waals surface area contributed by atoms with E-state index in [-0.39, 0.29) is 29.9 Å². The van der Waals surface area contributed by atoms with E-state index in [1.807, 2.05) is 6.92 Å². The second kappa shape index (κ2) is 7.20. The fourth-order valence-electron chi connectivity index (χ4n) is 1.38. The van der Waals surface area contributed by atoms with Crippen LogP contribution in [0.4, 0.5) is 5.69 Å². The van der Waals surface area contributed by atoms with Crippen LogP contribution >= 0.6 is 12.4 Å². The van der Waals surface area contributed by atoms with Gasteiger partial charge in [-0.15, -0.1) is 12.4 Å². The van der Waals surface area contributed by atoms with E-state index >= 15 is 0 Å². The van der Waals surface area contributed by atoms with Gasteiger partial charge in [0.1, 0.15) is 17.9 Å². The lowest BCUT2D eigenvalue weighted by Crippen LogP contribution is -2.46. The molecule has 0 aliphatic carbocycles. The van der Waals surface area contributed by atoms with Crippen molar-refractivity contribution < 1.29 is 9.72 Å². The first kappa shape index (κ1) is 18.3. The molecule has 0 aliphatic heterocycles. The van der Waals surface area contributed by atoms with E-state index in [4.69, 9.17) is 5.73 Å². The van der Waals surface area contributed by atoms with Crippen LogP contribution in [0.1, 0.15) is 20.8 Å². The molecule has 114 valence electrons. The van der Waals surface area contributed by atoms with E-state index in [0.29, 0.717) is 13.1 Å². The Morgan fingerprint density at radius 3 is 2.70 bits per heavy atom. The van der Waals surface area contributed by atoms with E-state index in [2.05, 4.69) is 10.4 Å². The highest BCUT2D eigenvalue weighted by molar-refractivity contribution is 5.85. The van der Waals surface area contributed by atoms with Gasteiger partial charge in [0.2, 0.25) is 5.91 Å². The molecule has 0 saturated carbocycles. The van der Waals surface area contributed by atoms with Gasteiger partial charge in [-0.25, -0.2) is 0 Å². The van der Waals surface area contributed by atoms with Crippen LogP contribution in [0.3, 0.4) is 0 Å². The lowest BCUT2D eigenvalue weighted by Gasteiger charge is -2.24. The molecular formula is C11H20ClN5O3. The van der Waals surface area contributed by atoms with Gasteiger partial charge in [0.25, 0.3) is 0 Å². The molecule has 8 nitrogen and oxygen atoms in total. The summed E-state index contributed by atoms with van der Waals surface area (Å²) in [6.07, 6.45) is 2.36. The number of halogens is 1. The number of carbonyl (C=O) groups is 1. The molecule has 0 aromatic carbocycles. The van der Waals surface area contributed by atoms with Gasteiger partial charge in [-0.2, -0.15) is 5.10 Å². The van der Waals surface area contributed by atoms with Gasteiger partial charge in [-0.1, -0.05) is 6.92 Å². The largest absolute Gasteiger partial charge is 0.354 e. The fraction of sp³-hybridized carbons (Fsp3) is 0.636. The molecule has 1 amide bonds. The van der Waals surface area contributed by atoms with Crippen LogP contribution < -0.4 is 11.1 Å². The normalized spacial score (nSPS) is 12.4. The predicted molar refractivity (Wildman–Crippen MR) is 76.7 cm³/mol. The smallest absolute Gasteiger partial charge is 0.307 e. The zero-order chi connectivity index (χ0) is 14.6. The highest BCUT2D eigenvalue weighted by atomic mass is 35.5. The molecule has 1 unspecified atom stereocenters. The molecule has 20 heavy (non-hydrogen) atoms. The third-order valence-corrected chi connectivity index (χ3v) is 2.92. The minimum atomic E-state index is -0.997. The summed E-state index contributed by atoms with van der Waals surface area (Å²) in [5, 5.41) is 17.2. The summed E-state index contributed by atoms with van der Waals surface area (Å²) < 4.78 is 1.29. The minimum absolute atomic E-state index is 0. The van der Waals surface area contributed by atoms with Crippen LogP contribution in [-0.2, 0) is 10.3 Å². The highest BCUT2D eigenvalue weighted by Gasteiger charge is 2.31. The molecule has 3 N–H and O–H groups in total. The minimum Gasteiger partial charge on any atom is -0.354 e.